The number of hydroxylamine groups is 2. The van der Waals surface area contributed by atoms with Crippen molar-refractivity contribution in [2.75, 3.05) is 20.8 Å². The molecule has 1 aliphatic rings. The number of carbonyl (C=O) groups is 1. The maximum absolute atomic E-state index is 10.9. The Hall–Kier alpha value is -0.650. The van der Waals surface area contributed by atoms with Gasteiger partial charge in [0.15, 0.2) is 0 Å². The van der Waals surface area contributed by atoms with Crippen molar-refractivity contribution in [1.29, 1.82) is 0 Å². The van der Waals surface area contributed by atoms with Crippen LogP contribution in [-0.4, -0.2) is 43.1 Å². The molecule has 0 bridgehead atoms. The Morgan fingerprint density at radius 2 is 2.20 bits per heavy atom. The highest BCUT2D eigenvalue weighted by molar-refractivity contribution is 5.69. The van der Waals surface area contributed by atoms with E-state index in [1.54, 1.807) is 26.2 Å². The van der Waals surface area contributed by atoms with E-state index in [-0.39, 0.29) is 18.1 Å². The molecule has 0 amide bonds. The Balaban J connectivity index is 2.56. The molecule has 0 aliphatic carbocycles. The smallest absolute Gasteiger partial charge is 0.306 e. The second-order valence-electron chi connectivity index (χ2n) is 3.92. The summed E-state index contributed by atoms with van der Waals surface area (Å²) in [5.41, 5.74) is 0. The zero-order chi connectivity index (χ0) is 11.4. The lowest BCUT2D eigenvalue weighted by molar-refractivity contribution is -0.251. The number of carboxylic acid groups (broad SMARTS) is 1. The molecule has 1 N–H and O–H groups in total. The number of hydrogen-bond acceptors (Lipinski definition) is 4. The molecule has 0 aromatic carbocycles. The molecule has 5 heteroatoms. The summed E-state index contributed by atoms with van der Waals surface area (Å²) in [6.45, 7) is 2.47. The van der Waals surface area contributed by atoms with Gasteiger partial charge in [-0.3, -0.25) is 9.63 Å². The minimum atomic E-state index is -0.735. The van der Waals surface area contributed by atoms with Gasteiger partial charge in [-0.1, -0.05) is 6.92 Å². The molecule has 0 saturated carbocycles. The highest BCUT2D eigenvalue weighted by Gasteiger charge is 2.34. The summed E-state index contributed by atoms with van der Waals surface area (Å²) in [5.74, 6) is -0.888. The van der Waals surface area contributed by atoms with Crippen molar-refractivity contribution in [3.63, 3.8) is 0 Å². The second-order valence-corrected chi connectivity index (χ2v) is 3.92. The molecule has 5 nitrogen and oxygen atoms in total. The number of rotatable bonds is 4. The summed E-state index contributed by atoms with van der Waals surface area (Å²) in [6, 6.07) is 0. The van der Waals surface area contributed by atoms with Crippen molar-refractivity contribution in [2.45, 2.75) is 26.0 Å². The molecule has 1 rings (SSSR count). The first-order valence-electron chi connectivity index (χ1n) is 5.16. The first kappa shape index (κ1) is 12.4. The van der Waals surface area contributed by atoms with Gasteiger partial charge in [0.25, 0.3) is 0 Å². The molecule has 1 saturated heterocycles. The third-order valence-electron chi connectivity index (χ3n) is 3.15. The Morgan fingerprint density at radius 3 is 2.67 bits per heavy atom. The minimum absolute atomic E-state index is 0.129. The van der Waals surface area contributed by atoms with Gasteiger partial charge in [-0.05, 0) is 18.8 Å². The van der Waals surface area contributed by atoms with Crippen LogP contribution in [0.1, 0.15) is 19.8 Å². The van der Waals surface area contributed by atoms with Gasteiger partial charge in [0, 0.05) is 13.7 Å². The Kier molecular flexibility index (Phi) is 4.50. The molecule has 0 radical (unpaired) electrons. The van der Waals surface area contributed by atoms with Crippen molar-refractivity contribution in [3.05, 3.63) is 0 Å². The molecule has 1 heterocycles. The average Bonchev–Trinajstić information content (AvgIpc) is 2.26. The van der Waals surface area contributed by atoms with Crippen molar-refractivity contribution < 1.29 is 19.5 Å². The number of hydrogen-bond donors (Lipinski definition) is 1. The maximum Gasteiger partial charge on any atom is 0.306 e. The first-order valence-corrected chi connectivity index (χ1v) is 5.16. The fourth-order valence-corrected chi connectivity index (χ4v) is 2.01. The van der Waals surface area contributed by atoms with E-state index in [0.717, 1.165) is 13.0 Å². The van der Waals surface area contributed by atoms with Crippen LogP contribution in [0.15, 0.2) is 0 Å². The number of piperidine rings is 1. The van der Waals surface area contributed by atoms with E-state index in [9.17, 15) is 4.79 Å². The lowest BCUT2D eigenvalue weighted by Crippen LogP contribution is -2.44. The van der Waals surface area contributed by atoms with Gasteiger partial charge >= 0.3 is 5.97 Å². The summed E-state index contributed by atoms with van der Waals surface area (Å²) in [7, 11) is 3.22. The van der Waals surface area contributed by atoms with Gasteiger partial charge in [0.05, 0.1) is 13.0 Å². The lowest BCUT2D eigenvalue weighted by Gasteiger charge is -2.37. The summed E-state index contributed by atoms with van der Waals surface area (Å²) in [4.78, 5) is 16.0. The van der Waals surface area contributed by atoms with Crippen LogP contribution < -0.4 is 0 Å². The van der Waals surface area contributed by atoms with Crippen LogP contribution in [0.5, 0.6) is 0 Å². The van der Waals surface area contributed by atoms with E-state index in [0.29, 0.717) is 6.42 Å². The molecule has 0 spiro atoms. The topological polar surface area (TPSA) is 59.0 Å². The molecule has 1 aliphatic heterocycles. The van der Waals surface area contributed by atoms with Crippen molar-refractivity contribution in [3.8, 4) is 0 Å². The first-order chi connectivity index (χ1) is 7.10. The quantitative estimate of drug-likeness (QED) is 0.759. The number of nitrogens with zero attached hydrogens (tertiary/aromatic N) is 1. The summed E-state index contributed by atoms with van der Waals surface area (Å²) in [6.07, 6.45) is 1.41. The van der Waals surface area contributed by atoms with Crippen LogP contribution >= 0.6 is 0 Å². The number of aliphatic carboxylic acids is 1. The van der Waals surface area contributed by atoms with Gasteiger partial charge in [0.2, 0.25) is 0 Å². The average molecular weight is 217 g/mol. The van der Waals surface area contributed by atoms with Crippen molar-refractivity contribution in [1.82, 2.24) is 5.06 Å². The Labute approximate surface area is 89.9 Å². The van der Waals surface area contributed by atoms with Gasteiger partial charge < -0.3 is 9.84 Å². The van der Waals surface area contributed by atoms with Gasteiger partial charge in [0.1, 0.15) is 6.23 Å². The highest BCUT2D eigenvalue weighted by atomic mass is 16.7. The lowest BCUT2D eigenvalue weighted by atomic mass is 9.85. The van der Waals surface area contributed by atoms with Gasteiger partial charge in [-0.15, -0.1) is 0 Å². The normalized spacial score (nSPS) is 30.1. The van der Waals surface area contributed by atoms with E-state index in [4.69, 9.17) is 14.7 Å². The predicted molar refractivity (Wildman–Crippen MR) is 54.0 cm³/mol. The zero-order valence-electron chi connectivity index (χ0n) is 9.47. The van der Waals surface area contributed by atoms with Gasteiger partial charge in [-0.25, -0.2) is 0 Å². The molecule has 0 aromatic heterocycles. The van der Waals surface area contributed by atoms with Crippen LogP contribution in [-0.2, 0) is 14.4 Å². The van der Waals surface area contributed by atoms with E-state index >= 15 is 0 Å². The SMILES string of the molecule is COC1CC(C(C)C(=O)O)CCN1OC. The molecule has 15 heavy (non-hydrogen) atoms. The fraction of sp³-hybridized carbons (Fsp3) is 0.900. The number of methoxy groups -OCH3 is 1. The minimum Gasteiger partial charge on any atom is -0.481 e. The van der Waals surface area contributed by atoms with Crippen LogP contribution in [0.25, 0.3) is 0 Å². The molecule has 88 valence electrons. The van der Waals surface area contributed by atoms with Gasteiger partial charge in [-0.2, -0.15) is 5.06 Å². The summed E-state index contributed by atoms with van der Waals surface area (Å²) < 4.78 is 5.26. The fourth-order valence-electron chi connectivity index (χ4n) is 2.01. The second kappa shape index (κ2) is 5.44. The Morgan fingerprint density at radius 1 is 1.53 bits per heavy atom. The van der Waals surface area contributed by atoms with Crippen molar-refractivity contribution >= 4 is 5.97 Å². The molecule has 3 atom stereocenters. The van der Waals surface area contributed by atoms with Crippen molar-refractivity contribution in [2.24, 2.45) is 11.8 Å². The molecular weight excluding hydrogens is 198 g/mol. The highest BCUT2D eigenvalue weighted by Crippen LogP contribution is 2.29. The number of ether oxygens (including phenoxy) is 1. The number of carboxylic acids is 1. The van der Waals surface area contributed by atoms with E-state index < -0.39 is 5.97 Å². The van der Waals surface area contributed by atoms with Crippen LogP contribution in [0, 0.1) is 11.8 Å². The standard InChI is InChI=1S/C10H19NO4/c1-7(10(12)13)8-4-5-11(15-3)9(6-8)14-2/h7-9H,4-6H2,1-3H3,(H,12,13). The Bertz CT molecular complexity index is 221. The van der Waals surface area contributed by atoms with E-state index in [1.807, 2.05) is 0 Å². The third-order valence-corrected chi connectivity index (χ3v) is 3.15. The molecule has 0 aromatic rings. The van der Waals surface area contributed by atoms with Crippen LogP contribution in [0.2, 0.25) is 0 Å². The predicted octanol–water partition coefficient (Wildman–Crippen LogP) is 0.953. The maximum atomic E-state index is 10.9. The third kappa shape index (κ3) is 2.90. The largest absolute Gasteiger partial charge is 0.481 e. The van der Waals surface area contributed by atoms with E-state index in [2.05, 4.69) is 0 Å². The zero-order valence-corrected chi connectivity index (χ0v) is 9.47. The van der Waals surface area contributed by atoms with Crippen LogP contribution in [0.4, 0.5) is 0 Å². The summed E-state index contributed by atoms with van der Waals surface area (Å²) in [5, 5.41) is 10.7. The monoisotopic (exact) mass is 217 g/mol. The van der Waals surface area contributed by atoms with E-state index in [1.165, 1.54) is 0 Å². The molecule has 1 fully saturated rings. The molecular formula is C10H19NO4. The van der Waals surface area contributed by atoms with Crippen LogP contribution in [0.3, 0.4) is 0 Å². The molecule has 3 unspecified atom stereocenters. The summed E-state index contributed by atoms with van der Waals surface area (Å²) >= 11 is 0.